The summed E-state index contributed by atoms with van der Waals surface area (Å²) >= 11 is 1.39. The second-order valence-electron chi connectivity index (χ2n) is 6.57. The summed E-state index contributed by atoms with van der Waals surface area (Å²) in [6.45, 7) is 1.64. The van der Waals surface area contributed by atoms with E-state index in [1.807, 2.05) is 30.3 Å². The van der Waals surface area contributed by atoms with Gasteiger partial charge in [0.2, 0.25) is 0 Å². The van der Waals surface area contributed by atoms with Gasteiger partial charge in [0.15, 0.2) is 22.8 Å². The van der Waals surface area contributed by atoms with Crippen molar-refractivity contribution in [1.29, 1.82) is 5.26 Å². The average molecular weight is 433 g/mol. The summed E-state index contributed by atoms with van der Waals surface area (Å²) in [6, 6.07) is 19.9. The molecule has 8 heteroatoms. The maximum Gasteiger partial charge on any atom is 0.266 e. The number of nitrogens with one attached hydrogen (secondary N) is 1. The molecule has 0 aliphatic rings. The van der Waals surface area contributed by atoms with Crippen LogP contribution in [-0.2, 0) is 4.79 Å². The molecule has 0 fully saturated rings. The number of ether oxygens (including phenoxy) is 2. The van der Waals surface area contributed by atoms with Gasteiger partial charge < -0.3 is 9.47 Å². The van der Waals surface area contributed by atoms with Crippen LogP contribution < -0.4 is 14.8 Å². The fourth-order valence-corrected chi connectivity index (χ4v) is 3.63. The highest BCUT2D eigenvalue weighted by Gasteiger charge is 2.17. The van der Waals surface area contributed by atoms with Gasteiger partial charge in [-0.15, -0.1) is 0 Å². The Hall–Kier alpha value is -3.96. The van der Waals surface area contributed by atoms with Crippen LogP contribution in [0.5, 0.6) is 17.2 Å². The number of anilines is 1. The standard InChI is InChI=1S/C23H16FN3O3S/c1-14(22(28)27-23-26-19-4-2-3-5-21(19)31-23)29-16-7-9-17(10-8-16)30-20-11-6-15(13-25)12-18(20)24/h2-12,14H,1H3,(H,26,27,28)/t14-/m1/s1. The van der Waals surface area contributed by atoms with Crippen LogP contribution in [0.15, 0.2) is 66.7 Å². The van der Waals surface area contributed by atoms with Crippen molar-refractivity contribution in [3.63, 3.8) is 0 Å². The minimum absolute atomic E-state index is 0.0104. The highest BCUT2D eigenvalue weighted by molar-refractivity contribution is 7.22. The van der Waals surface area contributed by atoms with Crippen molar-refractivity contribution in [2.24, 2.45) is 0 Å². The molecule has 0 spiro atoms. The lowest BCUT2D eigenvalue weighted by Gasteiger charge is -2.14. The number of aromatic nitrogens is 1. The first-order valence-electron chi connectivity index (χ1n) is 9.32. The van der Waals surface area contributed by atoms with Crippen molar-refractivity contribution in [1.82, 2.24) is 4.98 Å². The molecule has 0 unspecified atom stereocenters. The Morgan fingerprint density at radius 3 is 2.58 bits per heavy atom. The molecule has 1 amide bonds. The van der Waals surface area contributed by atoms with Gasteiger partial charge in [-0.25, -0.2) is 9.37 Å². The van der Waals surface area contributed by atoms with E-state index < -0.39 is 11.9 Å². The van der Waals surface area contributed by atoms with Crippen molar-refractivity contribution < 1.29 is 18.7 Å². The number of carbonyl (C=O) groups excluding carboxylic acids is 1. The lowest BCUT2D eigenvalue weighted by molar-refractivity contribution is -0.122. The highest BCUT2D eigenvalue weighted by atomic mass is 32.1. The Kier molecular flexibility index (Phi) is 5.78. The molecule has 1 atom stereocenters. The molecule has 31 heavy (non-hydrogen) atoms. The normalized spacial score (nSPS) is 11.5. The summed E-state index contributed by atoms with van der Waals surface area (Å²) in [5.74, 6) is -0.0862. The van der Waals surface area contributed by atoms with Crippen LogP contribution in [0.25, 0.3) is 10.2 Å². The number of hydrogen-bond donors (Lipinski definition) is 1. The molecule has 3 aromatic carbocycles. The third-order valence-corrected chi connectivity index (χ3v) is 5.27. The number of hydrogen-bond acceptors (Lipinski definition) is 6. The van der Waals surface area contributed by atoms with Crippen LogP contribution in [0, 0.1) is 17.1 Å². The monoisotopic (exact) mass is 433 g/mol. The Morgan fingerprint density at radius 1 is 1.13 bits per heavy atom. The van der Waals surface area contributed by atoms with Gasteiger partial charge in [-0.1, -0.05) is 23.5 Å². The third-order valence-electron chi connectivity index (χ3n) is 4.32. The second kappa shape index (κ2) is 8.81. The fraction of sp³-hybridized carbons (Fsp3) is 0.0870. The molecule has 0 saturated carbocycles. The molecule has 0 saturated heterocycles. The second-order valence-corrected chi connectivity index (χ2v) is 7.60. The van der Waals surface area contributed by atoms with Crippen molar-refractivity contribution >= 4 is 32.6 Å². The van der Waals surface area contributed by atoms with Crippen LogP contribution in [0.3, 0.4) is 0 Å². The number of para-hydroxylation sites is 1. The Labute approximate surface area is 181 Å². The Balaban J connectivity index is 1.36. The van der Waals surface area contributed by atoms with Crippen LogP contribution in [0.2, 0.25) is 0 Å². The molecule has 6 nitrogen and oxygen atoms in total. The number of thiazole rings is 1. The molecular formula is C23H16FN3O3S. The molecule has 0 radical (unpaired) electrons. The van der Waals surface area contributed by atoms with Crippen molar-refractivity contribution in [3.8, 4) is 23.3 Å². The van der Waals surface area contributed by atoms with Gasteiger partial charge in [0.25, 0.3) is 5.91 Å². The molecular weight excluding hydrogens is 417 g/mol. The van der Waals surface area contributed by atoms with E-state index in [0.717, 1.165) is 16.3 Å². The predicted molar refractivity (Wildman–Crippen MR) is 116 cm³/mol. The summed E-state index contributed by atoms with van der Waals surface area (Å²) in [5.41, 5.74) is 1.04. The quantitative estimate of drug-likeness (QED) is 0.434. The van der Waals surface area contributed by atoms with Gasteiger partial charge >= 0.3 is 0 Å². The first-order valence-corrected chi connectivity index (χ1v) is 10.1. The molecule has 1 aromatic heterocycles. The maximum atomic E-state index is 14.0. The minimum Gasteiger partial charge on any atom is -0.481 e. The van der Waals surface area contributed by atoms with Gasteiger partial charge in [-0.2, -0.15) is 5.26 Å². The zero-order chi connectivity index (χ0) is 21.8. The van der Waals surface area contributed by atoms with Gasteiger partial charge in [0.05, 0.1) is 21.8 Å². The largest absolute Gasteiger partial charge is 0.481 e. The summed E-state index contributed by atoms with van der Waals surface area (Å²) in [7, 11) is 0. The summed E-state index contributed by atoms with van der Waals surface area (Å²) in [6.07, 6.45) is -0.755. The number of carbonyl (C=O) groups is 1. The summed E-state index contributed by atoms with van der Waals surface area (Å²) in [4.78, 5) is 16.8. The lowest BCUT2D eigenvalue weighted by atomic mass is 10.2. The number of rotatable bonds is 6. The van der Waals surface area contributed by atoms with E-state index in [2.05, 4.69) is 10.3 Å². The lowest BCUT2D eigenvalue weighted by Crippen LogP contribution is -2.30. The van der Waals surface area contributed by atoms with Gasteiger partial charge in [-0.3, -0.25) is 10.1 Å². The smallest absolute Gasteiger partial charge is 0.266 e. The van der Waals surface area contributed by atoms with E-state index in [9.17, 15) is 9.18 Å². The van der Waals surface area contributed by atoms with Crippen LogP contribution in [-0.4, -0.2) is 17.0 Å². The van der Waals surface area contributed by atoms with Crippen LogP contribution in [0.1, 0.15) is 12.5 Å². The fourth-order valence-electron chi connectivity index (χ4n) is 2.76. The van der Waals surface area contributed by atoms with E-state index in [1.165, 1.54) is 23.5 Å². The number of halogens is 1. The Bertz CT molecular complexity index is 1250. The van der Waals surface area contributed by atoms with E-state index in [0.29, 0.717) is 16.6 Å². The number of fused-ring (bicyclic) bond motifs is 1. The van der Waals surface area contributed by atoms with Crippen molar-refractivity contribution in [2.45, 2.75) is 13.0 Å². The predicted octanol–water partition coefficient (Wildman–Crippen LogP) is 5.51. The summed E-state index contributed by atoms with van der Waals surface area (Å²) < 4.78 is 26.1. The van der Waals surface area contributed by atoms with Crippen molar-refractivity contribution in [2.75, 3.05) is 5.32 Å². The zero-order valence-corrected chi connectivity index (χ0v) is 17.2. The zero-order valence-electron chi connectivity index (χ0n) is 16.3. The molecule has 4 aromatic rings. The number of nitriles is 1. The first kappa shape index (κ1) is 20.3. The minimum atomic E-state index is -0.755. The molecule has 0 bridgehead atoms. The topological polar surface area (TPSA) is 84.2 Å². The molecule has 154 valence electrons. The molecule has 4 rings (SSSR count). The maximum absolute atomic E-state index is 14.0. The van der Waals surface area contributed by atoms with Gasteiger partial charge in [-0.05, 0) is 61.5 Å². The number of nitrogens with zero attached hydrogens (tertiary/aromatic N) is 2. The third kappa shape index (κ3) is 4.79. The summed E-state index contributed by atoms with van der Waals surface area (Å²) in [5, 5.41) is 12.1. The van der Waals surface area contributed by atoms with Crippen LogP contribution >= 0.6 is 11.3 Å². The van der Waals surface area contributed by atoms with E-state index in [1.54, 1.807) is 31.2 Å². The van der Waals surface area contributed by atoms with E-state index in [-0.39, 0.29) is 17.2 Å². The van der Waals surface area contributed by atoms with Gasteiger partial charge in [0, 0.05) is 0 Å². The highest BCUT2D eigenvalue weighted by Crippen LogP contribution is 2.28. The molecule has 1 heterocycles. The average Bonchev–Trinajstić information content (AvgIpc) is 3.18. The molecule has 0 aliphatic carbocycles. The van der Waals surface area contributed by atoms with E-state index >= 15 is 0 Å². The van der Waals surface area contributed by atoms with Crippen LogP contribution in [0.4, 0.5) is 9.52 Å². The van der Waals surface area contributed by atoms with Gasteiger partial charge in [0.1, 0.15) is 11.5 Å². The molecule has 0 aliphatic heterocycles. The molecule has 1 N–H and O–H groups in total. The SMILES string of the molecule is C[C@@H](Oc1ccc(Oc2ccc(C#N)cc2F)cc1)C(=O)Nc1nc2ccccc2s1. The Morgan fingerprint density at radius 2 is 1.87 bits per heavy atom. The van der Waals surface area contributed by atoms with E-state index in [4.69, 9.17) is 14.7 Å². The number of amides is 1. The number of benzene rings is 3. The first-order chi connectivity index (χ1) is 15.0. The van der Waals surface area contributed by atoms with Crippen molar-refractivity contribution in [3.05, 3.63) is 78.1 Å².